The molecule has 4 nitrogen and oxygen atoms in total. The second-order valence-electron chi connectivity index (χ2n) is 5.17. The van der Waals surface area contributed by atoms with E-state index in [1.54, 1.807) is 17.9 Å². The minimum absolute atomic E-state index is 0.0322. The van der Waals surface area contributed by atoms with Crippen LogP contribution in [0.4, 0.5) is 0 Å². The van der Waals surface area contributed by atoms with Gasteiger partial charge in [-0.25, -0.2) is 0 Å². The number of hydrogen-bond acceptors (Lipinski definition) is 3. The fourth-order valence-electron chi connectivity index (χ4n) is 2.10. The molecule has 0 aromatic heterocycles. The maximum absolute atomic E-state index is 12.3. The predicted octanol–water partition coefficient (Wildman–Crippen LogP) is 2.90. The number of ether oxygens (including phenoxy) is 1. The molecule has 0 saturated carbocycles. The van der Waals surface area contributed by atoms with Gasteiger partial charge in [0, 0.05) is 19.5 Å². The highest BCUT2D eigenvalue weighted by Gasteiger charge is 2.14. The van der Waals surface area contributed by atoms with Crippen LogP contribution in [-0.4, -0.2) is 36.5 Å². The summed E-state index contributed by atoms with van der Waals surface area (Å²) in [6.45, 7) is 8.66. The number of amides is 1. The summed E-state index contributed by atoms with van der Waals surface area (Å²) < 4.78 is 4.89. The first-order chi connectivity index (χ1) is 10.6. The SMILES string of the molecule is C=CCN(CCC(=O)OCC)C(=O)CCc1ccc(C)cc1. The lowest BCUT2D eigenvalue weighted by Crippen LogP contribution is -2.33. The molecule has 0 N–H and O–H groups in total. The van der Waals surface area contributed by atoms with E-state index in [2.05, 4.69) is 6.58 Å². The molecular weight excluding hydrogens is 278 g/mol. The molecule has 120 valence electrons. The van der Waals surface area contributed by atoms with Gasteiger partial charge in [0.2, 0.25) is 5.91 Å². The molecular formula is C18H25NO3. The Bertz CT molecular complexity index is 494. The predicted molar refractivity (Wildman–Crippen MR) is 87.5 cm³/mol. The molecule has 0 bridgehead atoms. The number of hydrogen-bond donors (Lipinski definition) is 0. The summed E-state index contributed by atoms with van der Waals surface area (Å²) in [5.41, 5.74) is 2.35. The van der Waals surface area contributed by atoms with E-state index in [9.17, 15) is 9.59 Å². The van der Waals surface area contributed by atoms with Gasteiger partial charge in [-0.15, -0.1) is 6.58 Å². The molecule has 0 fully saturated rings. The third kappa shape index (κ3) is 6.57. The van der Waals surface area contributed by atoms with Crippen LogP contribution in [0.15, 0.2) is 36.9 Å². The highest BCUT2D eigenvalue weighted by atomic mass is 16.5. The van der Waals surface area contributed by atoms with Crippen molar-refractivity contribution in [2.75, 3.05) is 19.7 Å². The minimum Gasteiger partial charge on any atom is -0.466 e. The molecule has 1 aromatic rings. The van der Waals surface area contributed by atoms with Crippen molar-refractivity contribution >= 4 is 11.9 Å². The van der Waals surface area contributed by atoms with Crippen LogP contribution in [0, 0.1) is 6.92 Å². The van der Waals surface area contributed by atoms with Crippen LogP contribution in [-0.2, 0) is 20.7 Å². The van der Waals surface area contributed by atoms with E-state index in [4.69, 9.17) is 4.74 Å². The van der Waals surface area contributed by atoms with E-state index in [0.717, 1.165) is 5.56 Å². The van der Waals surface area contributed by atoms with E-state index >= 15 is 0 Å². The van der Waals surface area contributed by atoms with E-state index in [0.29, 0.717) is 32.5 Å². The standard InChI is InChI=1S/C18H25NO3/c1-4-13-19(14-12-18(21)22-5-2)17(20)11-10-16-8-6-15(3)7-9-16/h4,6-9H,1,5,10-14H2,2-3H3. The Morgan fingerprint density at radius 2 is 1.91 bits per heavy atom. The molecule has 1 amide bonds. The molecule has 0 saturated heterocycles. The van der Waals surface area contributed by atoms with E-state index in [-0.39, 0.29) is 18.3 Å². The van der Waals surface area contributed by atoms with Gasteiger partial charge in [-0.2, -0.15) is 0 Å². The van der Waals surface area contributed by atoms with Crippen molar-refractivity contribution in [3.63, 3.8) is 0 Å². The fraction of sp³-hybridized carbons (Fsp3) is 0.444. The summed E-state index contributed by atoms with van der Waals surface area (Å²) in [4.78, 5) is 25.3. The number of aryl methyl sites for hydroxylation is 2. The van der Waals surface area contributed by atoms with Gasteiger partial charge in [0.05, 0.1) is 13.0 Å². The monoisotopic (exact) mass is 303 g/mol. The molecule has 4 heteroatoms. The summed E-state index contributed by atoms with van der Waals surface area (Å²) in [6.07, 6.45) is 3.03. The highest BCUT2D eigenvalue weighted by molar-refractivity contribution is 5.77. The van der Waals surface area contributed by atoms with Gasteiger partial charge in [0.25, 0.3) is 0 Å². The Kier molecular flexibility index (Phi) is 7.97. The molecule has 0 unspecified atom stereocenters. The lowest BCUT2D eigenvalue weighted by atomic mass is 10.1. The van der Waals surface area contributed by atoms with Gasteiger partial charge in [0.1, 0.15) is 0 Å². The number of carbonyl (C=O) groups excluding carboxylic acids is 2. The van der Waals surface area contributed by atoms with Gasteiger partial charge >= 0.3 is 5.97 Å². The summed E-state index contributed by atoms with van der Waals surface area (Å²) in [5, 5.41) is 0. The van der Waals surface area contributed by atoms with Crippen molar-refractivity contribution in [1.29, 1.82) is 0 Å². The first-order valence-electron chi connectivity index (χ1n) is 7.66. The fourth-order valence-corrected chi connectivity index (χ4v) is 2.10. The van der Waals surface area contributed by atoms with Crippen LogP contribution in [0.25, 0.3) is 0 Å². The average Bonchev–Trinajstić information content (AvgIpc) is 2.51. The highest BCUT2D eigenvalue weighted by Crippen LogP contribution is 2.08. The maximum Gasteiger partial charge on any atom is 0.307 e. The topological polar surface area (TPSA) is 46.6 Å². The molecule has 0 heterocycles. The second kappa shape index (κ2) is 9.77. The van der Waals surface area contributed by atoms with Crippen LogP contribution in [0.2, 0.25) is 0 Å². The summed E-state index contributed by atoms with van der Waals surface area (Å²) in [6, 6.07) is 8.17. The molecule has 0 aliphatic carbocycles. The zero-order valence-corrected chi connectivity index (χ0v) is 13.5. The van der Waals surface area contributed by atoms with Gasteiger partial charge < -0.3 is 9.64 Å². The zero-order chi connectivity index (χ0) is 16.4. The lowest BCUT2D eigenvalue weighted by molar-refractivity contribution is -0.144. The molecule has 0 aliphatic rings. The number of benzene rings is 1. The first kappa shape index (κ1) is 18.0. The van der Waals surface area contributed by atoms with Crippen molar-refractivity contribution in [2.45, 2.75) is 33.1 Å². The average molecular weight is 303 g/mol. The van der Waals surface area contributed by atoms with Crippen molar-refractivity contribution in [3.05, 3.63) is 48.0 Å². The second-order valence-corrected chi connectivity index (χ2v) is 5.17. The van der Waals surface area contributed by atoms with Gasteiger partial charge in [-0.1, -0.05) is 35.9 Å². The smallest absolute Gasteiger partial charge is 0.307 e. The van der Waals surface area contributed by atoms with Gasteiger partial charge in [-0.3, -0.25) is 9.59 Å². The molecule has 1 rings (SSSR count). The summed E-state index contributed by atoms with van der Waals surface area (Å²) >= 11 is 0. The molecule has 1 aromatic carbocycles. The van der Waals surface area contributed by atoms with Crippen molar-refractivity contribution < 1.29 is 14.3 Å². The Morgan fingerprint density at radius 3 is 2.50 bits per heavy atom. The summed E-state index contributed by atoms with van der Waals surface area (Å²) in [7, 11) is 0. The van der Waals surface area contributed by atoms with Gasteiger partial charge in [-0.05, 0) is 25.8 Å². The Balaban J connectivity index is 2.48. The van der Waals surface area contributed by atoms with Crippen molar-refractivity contribution in [3.8, 4) is 0 Å². The first-order valence-corrected chi connectivity index (χ1v) is 7.66. The van der Waals surface area contributed by atoms with Crippen LogP contribution >= 0.6 is 0 Å². The lowest BCUT2D eigenvalue weighted by Gasteiger charge is -2.20. The molecule has 0 spiro atoms. The Morgan fingerprint density at radius 1 is 1.23 bits per heavy atom. The normalized spacial score (nSPS) is 10.1. The molecule has 0 atom stereocenters. The minimum atomic E-state index is -0.275. The van der Waals surface area contributed by atoms with E-state index in [1.165, 1.54) is 5.56 Å². The van der Waals surface area contributed by atoms with Crippen LogP contribution < -0.4 is 0 Å². The van der Waals surface area contributed by atoms with E-state index < -0.39 is 0 Å². The largest absolute Gasteiger partial charge is 0.466 e. The number of nitrogens with zero attached hydrogens (tertiary/aromatic N) is 1. The molecule has 0 radical (unpaired) electrons. The quantitative estimate of drug-likeness (QED) is 0.520. The Labute approximate surface area is 132 Å². The van der Waals surface area contributed by atoms with Crippen LogP contribution in [0.1, 0.15) is 30.9 Å². The van der Waals surface area contributed by atoms with E-state index in [1.807, 2.05) is 31.2 Å². The number of esters is 1. The zero-order valence-electron chi connectivity index (χ0n) is 13.5. The number of carbonyl (C=O) groups is 2. The van der Waals surface area contributed by atoms with Crippen LogP contribution in [0.3, 0.4) is 0 Å². The third-order valence-electron chi connectivity index (χ3n) is 3.34. The third-order valence-corrected chi connectivity index (χ3v) is 3.34. The van der Waals surface area contributed by atoms with Crippen molar-refractivity contribution in [1.82, 2.24) is 4.90 Å². The van der Waals surface area contributed by atoms with Crippen LogP contribution in [0.5, 0.6) is 0 Å². The van der Waals surface area contributed by atoms with Crippen molar-refractivity contribution in [2.24, 2.45) is 0 Å². The summed E-state index contributed by atoms with van der Waals surface area (Å²) in [5.74, 6) is -0.243. The maximum atomic E-state index is 12.3. The number of rotatable bonds is 9. The Hall–Kier alpha value is -2.10. The molecule has 22 heavy (non-hydrogen) atoms. The van der Waals surface area contributed by atoms with Gasteiger partial charge in [0.15, 0.2) is 0 Å². The molecule has 0 aliphatic heterocycles.